The van der Waals surface area contributed by atoms with E-state index < -0.39 is 0 Å². The second kappa shape index (κ2) is 13.9. The van der Waals surface area contributed by atoms with Gasteiger partial charge in [-0.25, -0.2) is 4.99 Å². The number of morpholine rings is 1. The summed E-state index contributed by atoms with van der Waals surface area (Å²) in [5.74, 6) is 0.721. The second-order valence-electron chi connectivity index (χ2n) is 7.92. The number of ether oxygens (including phenoxy) is 2. The van der Waals surface area contributed by atoms with E-state index in [-0.39, 0.29) is 35.9 Å². The lowest BCUT2D eigenvalue weighted by Gasteiger charge is -2.34. The van der Waals surface area contributed by atoms with Gasteiger partial charge in [0.2, 0.25) is 0 Å². The Balaban J connectivity index is 0.00000341. The summed E-state index contributed by atoms with van der Waals surface area (Å²) in [4.78, 5) is 21.7. The lowest BCUT2D eigenvalue weighted by Crippen LogP contribution is -2.48. The van der Waals surface area contributed by atoms with E-state index in [1.54, 1.807) is 0 Å². The highest BCUT2D eigenvalue weighted by Crippen LogP contribution is 2.18. The molecule has 0 aliphatic carbocycles. The number of nitrogens with zero attached hydrogens (tertiary/aromatic N) is 3. The Morgan fingerprint density at radius 3 is 2.74 bits per heavy atom. The van der Waals surface area contributed by atoms with Crippen LogP contribution in [0.2, 0.25) is 0 Å². The van der Waals surface area contributed by atoms with Gasteiger partial charge in [-0.1, -0.05) is 24.3 Å². The first-order valence-corrected chi connectivity index (χ1v) is 11.3. The number of likely N-dealkylation sites (tertiary alicyclic amines) is 1. The molecule has 2 saturated heterocycles. The van der Waals surface area contributed by atoms with E-state index in [1.165, 1.54) is 11.1 Å². The van der Waals surface area contributed by atoms with Crippen LogP contribution in [0, 0.1) is 5.92 Å². The van der Waals surface area contributed by atoms with Crippen LogP contribution in [0.4, 0.5) is 0 Å². The number of benzene rings is 1. The van der Waals surface area contributed by atoms with Crippen LogP contribution in [0.15, 0.2) is 29.3 Å². The first-order chi connectivity index (χ1) is 14.7. The average Bonchev–Trinajstić information content (AvgIpc) is 2.78. The van der Waals surface area contributed by atoms with Crippen LogP contribution >= 0.6 is 24.0 Å². The SMILES string of the molecule is CCNC(=NCc1cccc(CN2CCOCC2)c1)N1CCCC(C(=O)OCC)C1.I. The molecule has 0 spiro atoms. The molecule has 1 aromatic rings. The number of hydrogen-bond acceptors (Lipinski definition) is 5. The van der Waals surface area contributed by atoms with Gasteiger partial charge in [0.15, 0.2) is 5.96 Å². The standard InChI is InChI=1S/C23H36N4O3.HI/c1-3-24-23(27-10-6-9-21(18-27)22(28)30-4-2)25-16-19-7-5-8-20(15-19)17-26-11-13-29-14-12-26;/h5,7-8,15,21H,3-4,6,9-14,16-18H2,1-2H3,(H,24,25);1H. The molecule has 2 fully saturated rings. The fourth-order valence-corrected chi connectivity index (χ4v) is 4.06. The Hall–Kier alpha value is -1.39. The molecule has 1 aromatic carbocycles. The number of piperidine rings is 1. The molecular weight excluding hydrogens is 507 g/mol. The van der Waals surface area contributed by atoms with Gasteiger partial charge >= 0.3 is 5.97 Å². The summed E-state index contributed by atoms with van der Waals surface area (Å²) >= 11 is 0. The molecule has 31 heavy (non-hydrogen) atoms. The maximum absolute atomic E-state index is 12.2. The minimum atomic E-state index is -0.0890. The molecule has 0 saturated carbocycles. The van der Waals surface area contributed by atoms with Gasteiger partial charge in [0.1, 0.15) is 0 Å². The molecule has 0 bridgehead atoms. The molecule has 174 valence electrons. The number of aliphatic imine (C=N–C) groups is 1. The third kappa shape index (κ3) is 8.23. The summed E-state index contributed by atoms with van der Waals surface area (Å²) in [5, 5.41) is 3.40. The minimum absolute atomic E-state index is 0. The summed E-state index contributed by atoms with van der Waals surface area (Å²) in [6.07, 6.45) is 1.86. The van der Waals surface area contributed by atoms with E-state index in [2.05, 4.69) is 46.3 Å². The predicted octanol–water partition coefficient (Wildman–Crippen LogP) is 2.88. The Morgan fingerprint density at radius 1 is 1.23 bits per heavy atom. The zero-order chi connectivity index (χ0) is 21.2. The number of guanidine groups is 1. The number of rotatable bonds is 7. The van der Waals surface area contributed by atoms with Crippen molar-refractivity contribution in [2.24, 2.45) is 10.9 Å². The van der Waals surface area contributed by atoms with Crippen molar-refractivity contribution in [1.82, 2.24) is 15.1 Å². The van der Waals surface area contributed by atoms with Crippen LogP contribution in [0.5, 0.6) is 0 Å². The predicted molar refractivity (Wildman–Crippen MR) is 134 cm³/mol. The lowest BCUT2D eigenvalue weighted by molar-refractivity contribution is -0.149. The molecule has 2 aliphatic heterocycles. The van der Waals surface area contributed by atoms with Gasteiger partial charge in [-0.15, -0.1) is 24.0 Å². The van der Waals surface area contributed by atoms with Gasteiger partial charge in [-0.05, 0) is 37.8 Å². The van der Waals surface area contributed by atoms with Crippen molar-refractivity contribution in [1.29, 1.82) is 0 Å². The third-order valence-electron chi connectivity index (χ3n) is 5.59. The van der Waals surface area contributed by atoms with E-state index in [4.69, 9.17) is 14.5 Å². The number of halogens is 1. The Morgan fingerprint density at radius 2 is 2.00 bits per heavy atom. The van der Waals surface area contributed by atoms with Crippen LogP contribution in [0.3, 0.4) is 0 Å². The largest absolute Gasteiger partial charge is 0.466 e. The molecule has 1 unspecified atom stereocenters. The number of nitrogens with one attached hydrogen (secondary N) is 1. The summed E-state index contributed by atoms with van der Waals surface area (Å²) < 4.78 is 10.7. The van der Waals surface area contributed by atoms with Crippen LogP contribution in [0.1, 0.15) is 37.8 Å². The molecule has 1 N–H and O–H groups in total. The molecule has 3 rings (SSSR count). The van der Waals surface area contributed by atoms with Gasteiger partial charge in [-0.2, -0.15) is 0 Å². The van der Waals surface area contributed by atoms with Crippen LogP contribution in [0.25, 0.3) is 0 Å². The van der Waals surface area contributed by atoms with Gasteiger partial charge in [0.05, 0.1) is 32.3 Å². The van der Waals surface area contributed by atoms with Crippen molar-refractivity contribution >= 4 is 35.9 Å². The van der Waals surface area contributed by atoms with Crippen molar-refractivity contribution in [2.75, 3.05) is 52.5 Å². The number of carbonyl (C=O) groups excluding carboxylic acids is 1. The van der Waals surface area contributed by atoms with Crippen LogP contribution in [-0.4, -0.2) is 74.3 Å². The topological polar surface area (TPSA) is 66.4 Å². The second-order valence-corrected chi connectivity index (χ2v) is 7.92. The summed E-state index contributed by atoms with van der Waals surface area (Å²) in [6, 6.07) is 8.68. The van der Waals surface area contributed by atoms with Crippen molar-refractivity contribution in [3.8, 4) is 0 Å². The first-order valence-electron chi connectivity index (χ1n) is 11.3. The molecule has 2 aliphatic rings. The molecule has 2 heterocycles. The molecule has 1 atom stereocenters. The van der Waals surface area contributed by atoms with E-state index in [9.17, 15) is 4.79 Å². The normalized spacial score (nSPS) is 20.1. The Labute approximate surface area is 203 Å². The van der Waals surface area contributed by atoms with Crippen molar-refractivity contribution in [3.63, 3.8) is 0 Å². The van der Waals surface area contributed by atoms with E-state index in [0.717, 1.165) is 64.7 Å². The van der Waals surface area contributed by atoms with Crippen molar-refractivity contribution in [2.45, 2.75) is 39.8 Å². The van der Waals surface area contributed by atoms with Crippen molar-refractivity contribution in [3.05, 3.63) is 35.4 Å². The smallest absolute Gasteiger partial charge is 0.310 e. The maximum Gasteiger partial charge on any atom is 0.310 e. The first kappa shape index (κ1) is 25.9. The van der Waals surface area contributed by atoms with Crippen LogP contribution < -0.4 is 5.32 Å². The average molecular weight is 544 g/mol. The highest BCUT2D eigenvalue weighted by molar-refractivity contribution is 14.0. The minimum Gasteiger partial charge on any atom is -0.466 e. The Bertz CT molecular complexity index is 710. The van der Waals surface area contributed by atoms with E-state index in [0.29, 0.717) is 19.7 Å². The van der Waals surface area contributed by atoms with Crippen molar-refractivity contribution < 1.29 is 14.3 Å². The van der Waals surface area contributed by atoms with E-state index >= 15 is 0 Å². The monoisotopic (exact) mass is 544 g/mol. The van der Waals surface area contributed by atoms with Gasteiger partial charge < -0.3 is 19.7 Å². The number of esters is 1. The van der Waals surface area contributed by atoms with Gasteiger partial charge in [-0.3, -0.25) is 9.69 Å². The summed E-state index contributed by atoms with van der Waals surface area (Å²) in [7, 11) is 0. The summed E-state index contributed by atoms with van der Waals surface area (Å²) in [5.41, 5.74) is 2.52. The number of hydrogen-bond donors (Lipinski definition) is 1. The fourth-order valence-electron chi connectivity index (χ4n) is 4.06. The quantitative estimate of drug-likeness (QED) is 0.247. The summed E-state index contributed by atoms with van der Waals surface area (Å²) in [6.45, 7) is 11.9. The zero-order valence-electron chi connectivity index (χ0n) is 18.8. The number of carbonyl (C=O) groups is 1. The molecule has 0 aromatic heterocycles. The highest BCUT2D eigenvalue weighted by Gasteiger charge is 2.28. The lowest BCUT2D eigenvalue weighted by atomic mass is 9.98. The molecule has 8 heteroatoms. The molecular formula is C23H37IN4O3. The molecule has 0 radical (unpaired) electrons. The maximum atomic E-state index is 12.2. The third-order valence-corrected chi connectivity index (χ3v) is 5.59. The molecule has 0 amide bonds. The zero-order valence-corrected chi connectivity index (χ0v) is 21.2. The van der Waals surface area contributed by atoms with Gasteiger partial charge in [0, 0.05) is 39.3 Å². The van der Waals surface area contributed by atoms with Gasteiger partial charge in [0.25, 0.3) is 0 Å². The fraction of sp³-hybridized carbons (Fsp3) is 0.652. The van der Waals surface area contributed by atoms with E-state index in [1.807, 2.05) is 6.92 Å². The molecule has 7 nitrogen and oxygen atoms in total. The highest BCUT2D eigenvalue weighted by atomic mass is 127. The van der Waals surface area contributed by atoms with Crippen LogP contribution in [-0.2, 0) is 27.4 Å². The Kier molecular flexibility index (Phi) is 11.6.